The van der Waals surface area contributed by atoms with E-state index in [4.69, 9.17) is 0 Å². The molecule has 0 radical (unpaired) electrons. The Hall–Kier alpha value is -2.67. The molecule has 0 saturated carbocycles. The molecular weight excluding hydrogens is 376 g/mol. The molecule has 6 nitrogen and oxygen atoms in total. The zero-order chi connectivity index (χ0) is 20.1. The number of likely N-dealkylation sites (tertiary alicyclic amines) is 1. The zero-order valence-electron chi connectivity index (χ0n) is 15.8. The molecule has 0 aromatic heterocycles. The van der Waals surface area contributed by atoms with Gasteiger partial charge in [0.25, 0.3) is 0 Å². The molecule has 0 atom stereocenters. The molecule has 1 fully saturated rings. The minimum Gasteiger partial charge on any atom is -0.324 e. The van der Waals surface area contributed by atoms with Gasteiger partial charge >= 0.3 is 6.03 Å². The number of carbonyl (C=O) groups is 2. The van der Waals surface area contributed by atoms with Gasteiger partial charge in [-0.25, -0.2) is 13.2 Å². The van der Waals surface area contributed by atoms with Crippen molar-refractivity contribution in [2.75, 3.05) is 24.2 Å². The first kappa shape index (κ1) is 20.1. The summed E-state index contributed by atoms with van der Waals surface area (Å²) in [5.41, 5.74) is 1.15. The van der Waals surface area contributed by atoms with Crippen molar-refractivity contribution in [2.24, 2.45) is 5.92 Å². The van der Waals surface area contributed by atoms with Crippen molar-refractivity contribution in [2.45, 2.75) is 24.7 Å². The van der Waals surface area contributed by atoms with E-state index in [9.17, 15) is 18.0 Å². The lowest BCUT2D eigenvalue weighted by Gasteiger charge is -2.31. The molecule has 1 heterocycles. The fraction of sp³-hybridized carbons (Fsp3) is 0.333. The van der Waals surface area contributed by atoms with Crippen LogP contribution in [-0.4, -0.2) is 44.0 Å². The van der Waals surface area contributed by atoms with E-state index < -0.39 is 9.84 Å². The summed E-state index contributed by atoms with van der Waals surface area (Å²) in [4.78, 5) is 26.9. The number of ketones is 1. The van der Waals surface area contributed by atoms with Gasteiger partial charge in [0.1, 0.15) is 0 Å². The lowest BCUT2D eigenvalue weighted by Crippen LogP contribution is -2.42. The lowest BCUT2D eigenvalue weighted by atomic mass is 9.89. The summed E-state index contributed by atoms with van der Waals surface area (Å²) in [7, 11) is -3.33. The Morgan fingerprint density at radius 2 is 1.71 bits per heavy atom. The number of anilines is 1. The molecule has 1 N–H and O–H groups in total. The van der Waals surface area contributed by atoms with Crippen LogP contribution in [0.4, 0.5) is 10.5 Å². The number of hydrogen-bond acceptors (Lipinski definition) is 4. The van der Waals surface area contributed by atoms with Crippen LogP contribution >= 0.6 is 0 Å². The van der Waals surface area contributed by atoms with Crippen molar-refractivity contribution >= 4 is 27.3 Å². The van der Waals surface area contributed by atoms with Gasteiger partial charge in [0.05, 0.1) is 10.6 Å². The zero-order valence-corrected chi connectivity index (χ0v) is 16.6. The summed E-state index contributed by atoms with van der Waals surface area (Å²) in [5.74, 6) is 0.0514. The van der Waals surface area contributed by atoms with Gasteiger partial charge in [-0.1, -0.05) is 43.3 Å². The third-order valence-corrected chi connectivity index (χ3v) is 6.77. The maximum Gasteiger partial charge on any atom is 0.321 e. The van der Waals surface area contributed by atoms with E-state index in [0.717, 1.165) is 0 Å². The van der Waals surface area contributed by atoms with Crippen molar-refractivity contribution in [1.29, 1.82) is 0 Å². The Morgan fingerprint density at radius 3 is 2.36 bits per heavy atom. The number of Topliss-reactive ketones (excluding diaryl/α,β-unsaturated/α-hetero) is 1. The number of hydrogen-bond donors (Lipinski definition) is 1. The molecule has 0 spiro atoms. The molecule has 2 aromatic rings. The first-order valence-corrected chi connectivity index (χ1v) is 11.0. The van der Waals surface area contributed by atoms with Crippen LogP contribution in [-0.2, 0) is 9.84 Å². The summed E-state index contributed by atoms with van der Waals surface area (Å²) in [6.07, 6.45) is 1.23. The Labute approximate surface area is 165 Å². The van der Waals surface area contributed by atoms with Crippen molar-refractivity contribution in [1.82, 2.24) is 4.90 Å². The van der Waals surface area contributed by atoms with Gasteiger partial charge in [-0.15, -0.1) is 0 Å². The van der Waals surface area contributed by atoms with Crippen molar-refractivity contribution in [3.8, 4) is 0 Å². The highest BCUT2D eigenvalue weighted by molar-refractivity contribution is 7.91. The van der Waals surface area contributed by atoms with E-state index in [1.807, 2.05) is 30.3 Å². The number of nitrogens with zero attached hydrogens (tertiary/aromatic N) is 1. The SMILES string of the molecule is CCS(=O)(=O)c1cccc(NC(=O)N2CCC(C(=O)c3ccccc3)CC2)c1. The molecule has 1 aliphatic rings. The highest BCUT2D eigenvalue weighted by atomic mass is 32.2. The third-order valence-electron chi connectivity index (χ3n) is 5.04. The number of piperidine rings is 1. The Kier molecular flexibility index (Phi) is 6.14. The number of nitrogens with one attached hydrogen (secondary N) is 1. The standard InChI is InChI=1S/C21H24N2O4S/c1-2-28(26,27)19-10-6-9-18(15-19)22-21(25)23-13-11-17(12-14-23)20(24)16-7-4-3-5-8-16/h3-10,15,17H,2,11-14H2,1H3,(H,22,25). The lowest BCUT2D eigenvalue weighted by molar-refractivity contribution is 0.0859. The molecule has 1 saturated heterocycles. The molecule has 0 aliphatic carbocycles. The summed E-state index contributed by atoms with van der Waals surface area (Å²) in [6, 6.07) is 15.2. The molecule has 28 heavy (non-hydrogen) atoms. The molecule has 148 valence electrons. The monoisotopic (exact) mass is 400 g/mol. The van der Waals surface area contributed by atoms with Crippen LogP contribution in [0.1, 0.15) is 30.1 Å². The number of benzene rings is 2. The van der Waals surface area contributed by atoms with Crippen LogP contribution in [0.2, 0.25) is 0 Å². The number of amides is 2. The normalized spacial score (nSPS) is 15.2. The molecule has 0 unspecified atom stereocenters. The smallest absolute Gasteiger partial charge is 0.321 e. The summed E-state index contributed by atoms with van der Waals surface area (Å²) >= 11 is 0. The van der Waals surface area contributed by atoms with Crippen LogP contribution in [0.3, 0.4) is 0 Å². The summed E-state index contributed by atoms with van der Waals surface area (Å²) in [5, 5.41) is 2.76. The number of urea groups is 1. The Morgan fingerprint density at radius 1 is 1.04 bits per heavy atom. The first-order chi connectivity index (χ1) is 13.4. The molecule has 3 rings (SSSR count). The molecular formula is C21H24N2O4S. The predicted octanol–water partition coefficient (Wildman–Crippen LogP) is 3.61. The van der Waals surface area contributed by atoms with E-state index in [2.05, 4.69) is 5.32 Å². The molecule has 2 aromatic carbocycles. The van der Waals surface area contributed by atoms with E-state index in [1.54, 1.807) is 24.0 Å². The van der Waals surface area contributed by atoms with Crippen LogP contribution in [0.5, 0.6) is 0 Å². The van der Waals surface area contributed by atoms with Gasteiger partial charge in [0.2, 0.25) is 0 Å². The predicted molar refractivity (Wildman–Crippen MR) is 108 cm³/mol. The highest BCUT2D eigenvalue weighted by Crippen LogP contribution is 2.23. The Bertz CT molecular complexity index is 949. The number of rotatable bonds is 5. The van der Waals surface area contributed by atoms with Crippen LogP contribution < -0.4 is 5.32 Å². The quantitative estimate of drug-likeness (QED) is 0.777. The third kappa shape index (κ3) is 4.59. The molecule has 1 aliphatic heterocycles. The average molecular weight is 401 g/mol. The maximum atomic E-state index is 12.6. The highest BCUT2D eigenvalue weighted by Gasteiger charge is 2.28. The van der Waals surface area contributed by atoms with Gasteiger partial charge in [-0.05, 0) is 31.0 Å². The van der Waals surface area contributed by atoms with Crippen LogP contribution in [0.15, 0.2) is 59.5 Å². The van der Waals surface area contributed by atoms with Crippen LogP contribution in [0.25, 0.3) is 0 Å². The van der Waals surface area contributed by atoms with Gasteiger partial charge in [0.15, 0.2) is 15.6 Å². The minimum absolute atomic E-state index is 0.00730. The topological polar surface area (TPSA) is 83.6 Å². The first-order valence-electron chi connectivity index (χ1n) is 9.38. The van der Waals surface area contributed by atoms with E-state index in [1.165, 1.54) is 12.1 Å². The second-order valence-electron chi connectivity index (χ2n) is 6.85. The van der Waals surface area contributed by atoms with Gasteiger partial charge in [0, 0.05) is 30.3 Å². The van der Waals surface area contributed by atoms with Gasteiger partial charge < -0.3 is 10.2 Å². The van der Waals surface area contributed by atoms with Gasteiger partial charge in [-0.2, -0.15) is 0 Å². The summed E-state index contributed by atoms with van der Waals surface area (Å²) in [6.45, 7) is 2.56. The average Bonchev–Trinajstić information content (AvgIpc) is 2.74. The maximum absolute atomic E-state index is 12.6. The fourth-order valence-corrected chi connectivity index (χ4v) is 4.25. The van der Waals surface area contributed by atoms with E-state index in [0.29, 0.717) is 37.2 Å². The van der Waals surface area contributed by atoms with E-state index >= 15 is 0 Å². The second kappa shape index (κ2) is 8.56. The van der Waals surface area contributed by atoms with E-state index in [-0.39, 0.29) is 28.4 Å². The van der Waals surface area contributed by atoms with Gasteiger partial charge in [-0.3, -0.25) is 4.79 Å². The second-order valence-corrected chi connectivity index (χ2v) is 9.13. The minimum atomic E-state index is -3.33. The molecule has 0 bridgehead atoms. The van der Waals surface area contributed by atoms with Crippen molar-refractivity contribution < 1.29 is 18.0 Å². The molecule has 7 heteroatoms. The summed E-state index contributed by atoms with van der Waals surface area (Å²) < 4.78 is 24.0. The largest absolute Gasteiger partial charge is 0.324 e. The Balaban J connectivity index is 1.59. The van der Waals surface area contributed by atoms with Crippen molar-refractivity contribution in [3.63, 3.8) is 0 Å². The van der Waals surface area contributed by atoms with Crippen molar-refractivity contribution in [3.05, 3.63) is 60.2 Å². The number of carbonyl (C=O) groups excluding carboxylic acids is 2. The fourth-order valence-electron chi connectivity index (χ4n) is 3.32. The molecule has 2 amide bonds. The van der Waals surface area contributed by atoms with Crippen LogP contribution in [0, 0.1) is 5.92 Å². The number of sulfone groups is 1.